The fourth-order valence-corrected chi connectivity index (χ4v) is 3.99. The molecule has 130 valence electrons. The number of furan rings is 1. The zero-order chi connectivity index (χ0) is 16.9. The summed E-state index contributed by atoms with van der Waals surface area (Å²) in [6.07, 6.45) is 3.91. The summed E-state index contributed by atoms with van der Waals surface area (Å²) in [5.74, 6) is 1.31. The lowest BCUT2D eigenvalue weighted by molar-refractivity contribution is 0.0914. The largest absolute Gasteiger partial charge is 0.467 e. The third-order valence-electron chi connectivity index (χ3n) is 4.70. The van der Waals surface area contributed by atoms with Crippen molar-refractivity contribution in [3.05, 3.63) is 46.0 Å². The quantitative estimate of drug-likeness (QED) is 0.843. The van der Waals surface area contributed by atoms with E-state index in [0.29, 0.717) is 24.4 Å². The van der Waals surface area contributed by atoms with Crippen LogP contribution >= 0.6 is 11.3 Å². The van der Waals surface area contributed by atoms with Gasteiger partial charge in [0.25, 0.3) is 5.91 Å². The minimum atomic E-state index is -0.106. The second-order valence-electron chi connectivity index (χ2n) is 6.47. The number of carbonyl (C=O) groups excluding carboxylic acids is 1. The normalized spacial score (nSPS) is 17.8. The van der Waals surface area contributed by atoms with E-state index in [1.807, 2.05) is 0 Å². The standard InChI is InChI=1S/C18H25N3O2S/c1-13-4-6-21(7-5-13)16(17-3-2-8-24-17)11-20-18(22)14-9-15(10-19)23-12-14/h2-3,8-9,12-13,16H,4-7,10-11,19H2,1H3,(H,20,22). The topological polar surface area (TPSA) is 71.5 Å². The summed E-state index contributed by atoms with van der Waals surface area (Å²) in [4.78, 5) is 16.2. The molecule has 0 aromatic carbocycles. The molecule has 1 atom stereocenters. The van der Waals surface area contributed by atoms with E-state index >= 15 is 0 Å². The van der Waals surface area contributed by atoms with Gasteiger partial charge in [0, 0.05) is 11.4 Å². The van der Waals surface area contributed by atoms with Gasteiger partial charge in [0.05, 0.1) is 18.2 Å². The summed E-state index contributed by atoms with van der Waals surface area (Å²) in [7, 11) is 0. The molecule has 6 heteroatoms. The van der Waals surface area contributed by atoms with Crippen LogP contribution in [-0.2, 0) is 6.54 Å². The summed E-state index contributed by atoms with van der Waals surface area (Å²) in [5, 5.41) is 5.16. The van der Waals surface area contributed by atoms with Gasteiger partial charge >= 0.3 is 0 Å². The third kappa shape index (κ3) is 4.06. The maximum atomic E-state index is 12.4. The number of nitrogens with two attached hydrogens (primary N) is 1. The highest BCUT2D eigenvalue weighted by Gasteiger charge is 2.26. The predicted molar refractivity (Wildman–Crippen MR) is 96.0 cm³/mol. The van der Waals surface area contributed by atoms with Gasteiger partial charge < -0.3 is 15.5 Å². The van der Waals surface area contributed by atoms with Gasteiger partial charge in [-0.15, -0.1) is 11.3 Å². The molecule has 1 fully saturated rings. The van der Waals surface area contributed by atoms with Crippen molar-refractivity contribution in [3.63, 3.8) is 0 Å². The molecule has 2 aromatic heterocycles. The van der Waals surface area contributed by atoms with Crippen molar-refractivity contribution in [2.45, 2.75) is 32.4 Å². The van der Waals surface area contributed by atoms with Crippen LogP contribution in [0.25, 0.3) is 0 Å². The SMILES string of the molecule is CC1CCN(C(CNC(=O)c2coc(CN)c2)c2cccs2)CC1. The molecule has 1 amide bonds. The van der Waals surface area contributed by atoms with Crippen LogP contribution in [0.4, 0.5) is 0 Å². The smallest absolute Gasteiger partial charge is 0.254 e. The first-order chi connectivity index (χ1) is 11.7. The Balaban J connectivity index is 1.64. The number of thiophene rings is 1. The fraction of sp³-hybridized carbons (Fsp3) is 0.500. The Kier molecular flexibility index (Phi) is 5.71. The average molecular weight is 347 g/mol. The Bertz CT molecular complexity index is 645. The molecule has 0 saturated carbocycles. The third-order valence-corrected chi connectivity index (χ3v) is 5.68. The number of rotatable bonds is 6. The number of nitrogens with zero attached hydrogens (tertiary/aromatic N) is 1. The Hall–Kier alpha value is -1.63. The molecule has 0 spiro atoms. The molecule has 1 unspecified atom stereocenters. The lowest BCUT2D eigenvalue weighted by atomic mass is 9.97. The lowest BCUT2D eigenvalue weighted by Gasteiger charge is -2.36. The van der Waals surface area contributed by atoms with Gasteiger partial charge in [0.15, 0.2) is 0 Å². The molecule has 3 N–H and O–H groups in total. The molecule has 24 heavy (non-hydrogen) atoms. The molecule has 5 nitrogen and oxygen atoms in total. The monoisotopic (exact) mass is 347 g/mol. The van der Waals surface area contributed by atoms with Gasteiger partial charge in [0.2, 0.25) is 0 Å². The van der Waals surface area contributed by atoms with E-state index < -0.39 is 0 Å². The molecule has 1 aliphatic rings. The van der Waals surface area contributed by atoms with E-state index in [1.165, 1.54) is 24.0 Å². The van der Waals surface area contributed by atoms with Crippen molar-refractivity contribution >= 4 is 17.2 Å². The van der Waals surface area contributed by atoms with Crippen molar-refractivity contribution in [1.29, 1.82) is 0 Å². The van der Waals surface area contributed by atoms with E-state index in [-0.39, 0.29) is 11.9 Å². The Morgan fingerprint density at radius 3 is 2.92 bits per heavy atom. The molecular formula is C18H25N3O2S. The Morgan fingerprint density at radius 1 is 1.50 bits per heavy atom. The molecule has 3 rings (SSSR count). The lowest BCUT2D eigenvalue weighted by Crippen LogP contribution is -2.41. The number of amides is 1. The van der Waals surface area contributed by atoms with Crippen molar-refractivity contribution in [2.24, 2.45) is 11.7 Å². The first-order valence-electron chi connectivity index (χ1n) is 8.50. The second-order valence-corrected chi connectivity index (χ2v) is 7.44. The van der Waals surface area contributed by atoms with Crippen molar-refractivity contribution in [1.82, 2.24) is 10.2 Å². The Morgan fingerprint density at radius 2 is 2.29 bits per heavy atom. The van der Waals surface area contributed by atoms with Gasteiger partial charge in [-0.05, 0) is 49.4 Å². The van der Waals surface area contributed by atoms with E-state index in [0.717, 1.165) is 19.0 Å². The molecule has 2 aromatic rings. The number of piperidine rings is 1. The van der Waals surface area contributed by atoms with Gasteiger partial charge in [-0.1, -0.05) is 13.0 Å². The molecule has 0 aliphatic carbocycles. The van der Waals surface area contributed by atoms with Crippen LogP contribution in [-0.4, -0.2) is 30.4 Å². The van der Waals surface area contributed by atoms with Crippen LogP contribution in [0, 0.1) is 5.92 Å². The number of likely N-dealkylation sites (tertiary alicyclic amines) is 1. The second kappa shape index (κ2) is 7.96. The van der Waals surface area contributed by atoms with E-state index in [1.54, 1.807) is 17.4 Å². The fourth-order valence-electron chi connectivity index (χ4n) is 3.13. The van der Waals surface area contributed by atoms with Crippen LogP contribution in [0.5, 0.6) is 0 Å². The van der Waals surface area contributed by atoms with Crippen LogP contribution in [0.2, 0.25) is 0 Å². The summed E-state index contributed by atoms with van der Waals surface area (Å²) in [6.45, 7) is 5.40. The highest BCUT2D eigenvalue weighted by molar-refractivity contribution is 7.10. The van der Waals surface area contributed by atoms with Gasteiger partial charge in [0.1, 0.15) is 12.0 Å². The molecule has 3 heterocycles. The molecule has 1 saturated heterocycles. The number of carbonyl (C=O) groups is 1. The summed E-state index contributed by atoms with van der Waals surface area (Å²) < 4.78 is 5.25. The van der Waals surface area contributed by atoms with Crippen LogP contribution in [0.3, 0.4) is 0 Å². The number of nitrogens with one attached hydrogen (secondary N) is 1. The van der Waals surface area contributed by atoms with Crippen molar-refractivity contribution in [2.75, 3.05) is 19.6 Å². The van der Waals surface area contributed by atoms with Crippen molar-refractivity contribution in [3.8, 4) is 0 Å². The van der Waals surface area contributed by atoms with Gasteiger partial charge in [-0.2, -0.15) is 0 Å². The minimum absolute atomic E-state index is 0.106. The summed E-state index contributed by atoms with van der Waals surface area (Å²) >= 11 is 1.75. The predicted octanol–water partition coefficient (Wildman–Crippen LogP) is 3.00. The zero-order valence-electron chi connectivity index (χ0n) is 14.0. The van der Waals surface area contributed by atoms with E-state index in [9.17, 15) is 4.79 Å². The Labute approximate surface area is 146 Å². The molecule has 0 radical (unpaired) electrons. The van der Waals surface area contributed by atoms with Crippen LogP contribution in [0.15, 0.2) is 34.3 Å². The highest BCUT2D eigenvalue weighted by atomic mass is 32.1. The minimum Gasteiger partial charge on any atom is -0.467 e. The number of hydrogen-bond acceptors (Lipinski definition) is 5. The average Bonchev–Trinajstić information content (AvgIpc) is 3.28. The first kappa shape index (κ1) is 17.2. The summed E-state index contributed by atoms with van der Waals surface area (Å²) in [5.41, 5.74) is 6.06. The van der Waals surface area contributed by atoms with Gasteiger partial charge in [-0.3, -0.25) is 9.69 Å². The first-order valence-corrected chi connectivity index (χ1v) is 9.38. The maximum absolute atomic E-state index is 12.4. The van der Waals surface area contributed by atoms with E-state index in [4.69, 9.17) is 10.2 Å². The van der Waals surface area contributed by atoms with Crippen LogP contribution < -0.4 is 11.1 Å². The molecule has 0 bridgehead atoms. The van der Waals surface area contributed by atoms with Crippen LogP contribution in [0.1, 0.15) is 46.8 Å². The summed E-state index contributed by atoms with van der Waals surface area (Å²) in [6, 6.07) is 6.18. The number of hydrogen-bond donors (Lipinski definition) is 2. The van der Waals surface area contributed by atoms with E-state index in [2.05, 4.69) is 34.7 Å². The highest BCUT2D eigenvalue weighted by Crippen LogP contribution is 2.29. The maximum Gasteiger partial charge on any atom is 0.254 e. The zero-order valence-corrected chi connectivity index (χ0v) is 14.8. The molecular weight excluding hydrogens is 322 g/mol. The van der Waals surface area contributed by atoms with Gasteiger partial charge in [-0.25, -0.2) is 0 Å². The molecule has 1 aliphatic heterocycles. The van der Waals surface area contributed by atoms with Crippen molar-refractivity contribution < 1.29 is 9.21 Å².